The predicted octanol–water partition coefficient (Wildman–Crippen LogP) is 3.53. The molecule has 3 aromatic rings. The molecule has 148 valence electrons. The molecule has 7 heteroatoms. The second-order valence-corrected chi connectivity index (χ2v) is 7.95. The largest absolute Gasteiger partial charge is 0.497 e. The van der Waals surface area contributed by atoms with Gasteiger partial charge in [-0.25, -0.2) is 4.98 Å². The van der Waals surface area contributed by atoms with Gasteiger partial charge in [-0.05, 0) is 56.3 Å². The van der Waals surface area contributed by atoms with E-state index in [1.807, 2.05) is 18.2 Å². The third kappa shape index (κ3) is 4.63. The molecule has 5 nitrogen and oxygen atoms in total. The molecule has 0 aliphatic carbocycles. The van der Waals surface area contributed by atoms with Gasteiger partial charge in [-0.1, -0.05) is 22.9 Å². The van der Waals surface area contributed by atoms with Crippen LogP contribution in [0.5, 0.6) is 5.75 Å². The zero-order valence-electron chi connectivity index (χ0n) is 16.4. The van der Waals surface area contributed by atoms with Gasteiger partial charge in [-0.15, -0.1) is 0 Å². The first-order valence-corrected chi connectivity index (χ1v) is 10.6. The number of carbonyl (C=O) groups is 1. The summed E-state index contributed by atoms with van der Waals surface area (Å²) >= 11 is 7.49. The van der Waals surface area contributed by atoms with Crippen LogP contribution in [0.4, 0.5) is 5.13 Å². The number of fused-ring (bicyclic) bond motifs is 1. The number of aromatic nitrogens is 1. The fourth-order valence-corrected chi connectivity index (χ4v) is 4.19. The summed E-state index contributed by atoms with van der Waals surface area (Å²) < 4.78 is 6.31. The van der Waals surface area contributed by atoms with Gasteiger partial charge in [0.1, 0.15) is 5.75 Å². The number of ether oxygens (including phenoxy) is 1. The number of anilines is 1. The molecule has 1 heterocycles. The number of hydrogen-bond donors (Lipinski definition) is 1. The average molecular weight is 419 g/mol. The van der Waals surface area contributed by atoms with E-state index >= 15 is 0 Å². The van der Waals surface area contributed by atoms with Crippen LogP contribution in [0, 0.1) is 0 Å². The fourth-order valence-electron chi connectivity index (χ4n) is 3.04. The first-order valence-electron chi connectivity index (χ1n) is 9.41. The van der Waals surface area contributed by atoms with Gasteiger partial charge in [0.05, 0.1) is 43.5 Å². The first-order chi connectivity index (χ1) is 13.5. The second kappa shape index (κ2) is 9.37. The number of hydrogen-bond acceptors (Lipinski definition) is 4. The van der Waals surface area contributed by atoms with E-state index in [1.165, 1.54) is 16.2 Å². The summed E-state index contributed by atoms with van der Waals surface area (Å²) in [7, 11) is 1.65. The van der Waals surface area contributed by atoms with E-state index in [9.17, 15) is 4.79 Å². The molecule has 1 N–H and O–H groups in total. The minimum atomic E-state index is -0.0609. The highest BCUT2D eigenvalue weighted by molar-refractivity contribution is 7.22. The summed E-state index contributed by atoms with van der Waals surface area (Å²) in [6, 6.07) is 12.8. The van der Waals surface area contributed by atoms with Crippen LogP contribution in [0.1, 0.15) is 24.2 Å². The van der Waals surface area contributed by atoms with E-state index in [0.29, 0.717) is 22.3 Å². The highest BCUT2D eigenvalue weighted by Crippen LogP contribution is 2.32. The van der Waals surface area contributed by atoms with Gasteiger partial charge in [0.15, 0.2) is 5.13 Å². The molecule has 0 bridgehead atoms. The topological polar surface area (TPSA) is 46.9 Å². The second-order valence-electron chi connectivity index (χ2n) is 6.50. The lowest BCUT2D eigenvalue weighted by atomic mass is 10.2. The lowest BCUT2D eigenvalue weighted by Gasteiger charge is -2.23. The Morgan fingerprint density at radius 2 is 1.89 bits per heavy atom. The number of quaternary nitrogens is 1. The van der Waals surface area contributed by atoms with Crippen LogP contribution in [0.3, 0.4) is 0 Å². The third-order valence-corrected chi connectivity index (χ3v) is 6.13. The Kier molecular flexibility index (Phi) is 6.88. The van der Waals surface area contributed by atoms with Crippen LogP contribution < -0.4 is 14.5 Å². The van der Waals surface area contributed by atoms with Gasteiger partial charge in [0.2, 0.25) is 0 Å². The molecule has 28 heavy (non-hydrogen) atoms. The molecule has 0 aliphatic rings. The Bertz CT molecular complexity index is 938. The van der Waals surface area contributed by atoms with Gasteiger partial charge in [0, 0.05) is 10.6 Å². The number of rotatable bonds is 8. The molecule has 0 atom stereocenters. The summed E-state index contributed by atoms with van der Waals surface area (Å²) in [5, 5.41) is 1.32. The molecule has 0 unspecified atom stereocenters. The Balaban J connectivity index is 1.94. The molecule has 2 aromatic carbocycles. The van der Waals surface area contributed by atoms with Crippen molar-refractivity contribution in [2.45, 2.75) is 13.8 Å². The number of amides is 1. The molecule has 0 aliphatic heterocycles. The number of nitrogens with one attached hydrogen (secondary N) is 1. The smallest absolute Gasteiger partial charge is 0.260 e. The van der Waals surface area contributed by atoms with Crippen molar-refractivity contribution < 1.29 is 14.4 Å². The fraction of sp³-hybridized carbons (Fsp3) is 0.333. The summed E-state index contributed by atoms with van der Waals surface area (Å²) in [6.45, 7) is 7.84. The maximum Gasteiger partial charge on any atom is 0.260 e. The van der Waals surface area contributed by atoms with Gasteiger partial charge >= 0.3 is 0 Å². The van der Waals surface area contributed by atoms with Crippen molar-refractivity contribution in [1.29, 1.82) is 0 Å². The molecule has 0 fully saturated rings. The molecule has 1 amide bonds. The standard InChI is InChI=1S/C21H24ClN3O2S/c1-4-24(5-2)12-13-25(20(26)15-6-8-16(22)9-7-15)21-23-18-11-10-17(27-3)14-19(18)28-21/h6-11,14H,4-5,12-13H2,1-3H3/p+1. The quantitative estimate of drug-likeness (QED) is 0.608. The number of carbonyl (C=O) groups excluding carboxylic acids is 1. The lowest BCUT2D eigenvalue weighted by Crippen LogP contribution is -3.12. The highest BCUT2D eigenvalue weighted by Gasteiger charge is 2.23. The van der Waals surface area contributed by atoms with Crippen LogP contribution in [0.15, 0.2) is 42.5 Å². The van der Waals surface area contributed by atoms with E-state index in [0.717, 1.165) is 35.6 Å². The number of methoxy groups -OCH3 is 1. The van der Waals surface area contributed by atoms with Crippen molar-refractivity contribution in [3.8, 4) is 5.75 Å². The molecule has 3 rings (SSSR count). The average Bonchev–Trinajstić information content (AvgIpc) is 3.14. The normalized spacial score (nSPS) is 11.2. The van der Waals surface area contributed by atoms with Crippen molar-refractivity contribution >= 4 is 44.2 Å². The van der Waals surface area contributed by atoms with Crippen molar-refractivity contribution in [1.82, 2.24) is 4.98 Å². The van der Waals surface area contributed by atoms with Crippen molar-refractivity contribution in [2.75, 3.05) is 38.2 Å². The molecule has 0 spiro atoms. The SMILES string of the molecule is CC[NH+](CC)CCN(C(=O)c1ccc(Cl)cc1)c1nc2ccc(OC)cc2s1. The summed E-state index contributed by atoms with van der Waals surface area (Å²) in [5.41, 5.74) is 1.47. The Hall–Kier alpha value is -2.15. The van der Waals surface area contributed by atoms with Crippen molar-refractivity contribution in [2.24, 2.45) is 0 Å². The van der Waals surface area contributed by atoms with Crippen LogP contribution in [0.25, 0.3) is 10.2 Å². The van der Waals surface area contributed by atoms with Crippen LogP contribution in [-0.2, 0) is 0 Å². The van der Waals surface area contributed by atoms with Crippen molar-refractivity contribution in [3.05, 3.63) is 53.1 Å². The summed E-state index contributed by atoms with van der Waals surface area (Å²) in [4.78, 5) is 21.2. The third-order valence-electron chi connectivity index (χ3n) is 4.84. The number of nitrogens with zero attached hydrogens (tertiary/aromatic N) is 2. The molecule has 1 aromatic heterocycles. The number of benzene rings is 2. The molecule has 0 saturated heterocycles. The molecular weight excluding hydrogens is 394 g/mol. The number of thiazole rings is 1. The van der Waals surface area contributed by atoms with Gasteiger partial charge < -0.3 is 9.64 Å². The minimum Gasteiger partial charge on any atom is -0.497 e. The van der Waals surface area contributed by atoms with E-state index in [-0.39, 0.29) is 5.91 Å². The van der Waals surface area contributed by atoms with Gasteiger partial charge in [-0.3, -0.25) is 9.69 Å². The monoisotopic (exact) mass is 418 g/mol. The number of halogens is 1. The Labute approximate surface area is 174 Å². The number of likely N-dealkylation sites (N-methyl/N-ethyl adjacent to an activating group) is 1. The Morgan fingerprint density at radius 3 is 2.54 bits per heavy atom. The highest BCUT2D eigenvalue weighted by atomic mass is 35.5. The summed E-state index contributed by atoms with van der Waals surface area (Å²) in [6.07, 6.45) is 0. The summed E-state index contributed by atoms with van der Waals surface area (Å²) in [5.74, 6) is 0.722. The maximum absolute atomic E-state index is 13.3. The van der Waals surface area contributed by atoms with E-state index < -0.39 is 0 Å². The zero-order valence-corrected chi connectivity index (χ0v) is 17.9. The Morgan fingerprint density at radius 1 is 1.18 bits per heavy atom. The predicted molar refractivity (Wildman–Crippen MR) is 116 cm³/mol. The van der Waals surface area contributed by atoms with Gasteiger partial charge in [-0.2, -0.15) is 0 Å². The van der Waals surface area contributed by atoms with Crippen LogP contribution in [-0.4, -0.2) is 44.2 Å². The molecule has 0 saturated carbocycles. The lowest BCUT2D eigenvalue weighted by molar-refractivity contribution is -0.894. The van der Waals surface area contributed by atoms with E-state index in [2.05, 4.69) is 13.8 Å². The van der Waals surface area contributed by atoms with Gasteiger partial charge in [0.25, 0.3) is 5.91 Å². The van der Waals surface area contributed by atoms with Crippen molar-refractivity contribution in [3.63, 3.8) is 0 Å². The van der Waals surface area contributed by atoms with E-state index in [4.69, 9.17) is 21.3 Å². The van der Waals surface area contributed by atoms with Crippen LogP contribution in [0.2, 0.25) is 5.02 Å². The van der Waals surface area contributed by atoms with Crippen LogP contribution >= 0.6 is 22.9 Å². The minimum absolute atomic E-state index is 0.0609. The first kappa shape index (κ1) is 20.6. The maximum atomic E-state index is 13.3. The van der Waals surface area contributed by atoms with E-state index in [1.54, 1.807) is 36.3 Å². The molecular formula is C21H25ClN3O2S+. The zero-order chi connectivity index (χ0) is 20.1. The molecule has 0 radical (unpaired) electrons.